The average Bonchev–Trinajstić information content (AvgIpc) is 2.81. The maximum atomic E-state index is 9.52. The van der Waals surface area contributed by atoms with Crippen molar-refractivity contribution in [2.24, 2.45) is 0 Å². The van der Waals surface area contributed by atoms with Gasteiger partial charge in [0.05, 0.1) is 0 Å². The minimum absolute atomic E-state index is 0.0102. The number of phenols is 3. The number of aromatic hydroxyl groups is 3. The second-order valence-corrected chi connectivity index (χ2v) is 7.85. The Bertz CT molecular complexity index is 1090. The first-order chi connectivity index (χ1) is 15.8. The number of hydrogen-bond donors (Lipinski definition) is 3. The predicted octanol–water partition coefficient (Wildman–Crippen LogP) is 8.14. The maximum Gasteiger partial charge on any atom is 0.172 e. The summed E-state index contributed by atoms with van der Waals surface area (Å²) in [5.41, 5.74) is 0. The van der Waals surface area contributed by atoms with E-state index in [-0.39, 0.29) is 49.6 Å². The highest BCUT2D eigenvalue weighted by Gasteiger charge is 2.27. The first-order valence-electron chi connectivity index (χ1n) is 9.43. The van der Waals surface area contributed by atoms with Crippen molar-refractivity contribution in [1.29, 1.82) is 0 Å². The van der Waals surface area contributed by atoms with Crippen LogP contribution in [0.15, 0.2) is 72.8 Å². The Morgan fingerprint density at radius 1 is 0.394 bits per heavy atom. The van der Waals surface area contributed by atoms with Crippen LogP contribution in [0.25, 0.3) is 0 Å². The Balaban J connectivity index is 1.82. The van der Waals surface area contributed by atoms with E-state index in [0.717, 1.165) is 0 Å². The summed E-state index contributed by atoms with van der Waals surface area (Å²) in [6.07, 6.45) is 0. The van der Waals surface area contributed by atoms with Crippen LogP contribution in [0.4, 0.5) is 0 Å². The van der Waals surface area contributed by atoms with Crippen molar-refractivity contribution in [1.82, 2.24) is 0 Å². The van der Waals surface area contributed by atoms with Crippen LogP contribution in [0.1, 0.15) is 0 Å². The van der Waals surface area contributed by atoms with Crippen LogP contribution in [0.5, 0.6) is 51.7 Å². The standard InChI is InChI=1S/C24H15Cl3O6/c25-19-22(31-16-7-1-13(28)2-8-16)20(26)24(33-18-11-5-15(30)6-12-18)21(27)23(19)32-17-9-3-14(29)4-10-17/h1-12,28-30H. The molecule has 0 amide bonds. The first kappa shape index (κ1) is 22.7. The molecule has 0 unspecified atom stereocenters. The van der Waals surface area contributed by atoms with Gasteiger partial charge in [0.15, 0.2) is 17.2 Å². The number of ether oxygens (including phenoxy) is 3. The molecule has 0 saturated carbocycles. The van der Waals surface area contributed by atoms with Crippen LogP contribution in [0.2, 0.25) is 15.1 Å². The molecule has 0 aromatic heterocycles. The molecule has 4 rings (SSSR count). The molecule has 0 heterocycles. The molecule has 0 radical (unpaired) electrons. The molecule has 4 aromatic carbocycles. The topological polar surface area (TPSA) is 88.4 Å². The summed E-state index contributed by atoms with van der Waals surface area (Å²) in [4.78, 5) is 0. The normalized spacial score (nSPS) is 10.6. The minimum atomic E-state index is -0.0239. The van der Waals surface area contributed by atoms with Gasteiger partial charge in [0, 0.05) is 0 Å². The Morgan fingerprint density at radius 2 is 0.606 bits per heavy atom. The number of hydrogen-bond acceptors (Lipinski definition) is 6. The molecule has 3 N–H and O–H groups in total. The van der Waals surface area contributed by atoms with Crippen molar-refractivity contribution >= 4 is 34.8 Å². The third-order valence-corrected chi connectivity index (χ3v) is 5.40. The molecular weight excluding hydrogens is 491 g/mol. The Labute approximate surface area is 203 Å². The summed E-state index contributed by atoms with van der Waals surface area (Å²) in [6, 6.07) is 17.8. The summed E-state index contributed by atoms with van der Waals surface area (Å²) >= 11 is 19.7. The van der Waals surface area contributed by atoms with Crippen LogP contribution in [-0.2, 0) is 0 Å². The van der Waals surface area contributed by atoms with E-state index >= 15 is 0 Å². The van der Waals surface area contributed by atoms with Crippen LogP contribution >= 0.6 is 34.8 Å². The van der Waals surface area contributed by atoms with E-state index in [1.54, 1.807) is 0 Å². The summed E-state index contributed by atoms with van der Waals surface area (Å²) in [5.74, 6) is 1.22. The second kappa shape index (κ2) is 9.58. The van der Waals surface area contributed by atoms with Crippen molar-refractivity contribution in [3.63, 3.8) is 0 Å². The molecule has 6 nitrogen and oxygen atoms in total. The maximum absolute atomic E-state index is 9.52. The van der Waals surface area contributed by atoms with E-state index in [2.05, 4.69) is 0 Å². The van der Waals surface area contributed by atoms with Crippen molar-refractivity contribution in [3.8, 4) is 51.7 Å². The first-order valence-corrected chi connectivity index (χ1v) is 10.6. The van der Waals surface area contributed by atoms with Crippen molar-refractivity contribution < 1.29 is 29.5 Å². The zero-order chi connectivity index (χ0) is 23.5. The van der Waals surface area contributed by atoms with E-state index in [1.165, 1.54) is 72.8 Å². The molecule has 0 bridgehead atoms. The Hall–Kier alpha value is -3.45. The molecule has 9 heteroatoms. The largest absolute Gasteiger partial charge is 0.508 e. The molecule has 4 aromatic rings. The minimum Gasteiger partial charge on any atom is -0.508 e. The average molecular weight is 506 g/mol. The lowest BCUT2D eigenvalue weighted by molar-refractivity contribution is 0.436. The molecule has 168 valence electrons. The summed E-state index contributed by atoms with van der Waals surface area (Å²) in [7, 11) is 0. The monoisotopic (exact) mass is 504 g/mol. The van der Waals surface area contributed by atoms with Crippen LogP contribution in [0, 0.1) is 0 Å². The lowest BCUT2D eigenvalue weighted by atomic mass is 10.2. The molecule has 0 aliphatic carbocycles. The molecule has 0 spiro atoms. The fourth-order valence-corrected chi connectivity index (χ4v) is 3.71. The zero-order valence-electron chi connectivity index (χ0n) is 16.6. The quantitative estimate of drug-likeness (QED) is 0.245. The van der Waals surface area contributed by atoms with E-state index < -0.39 is 0 Å². The number of phenolic OH excluding ortho intramolecular Hbond substituents is 3. The van der Waals surface area contributed by atoms with Gasteiger partial charge in [0.2, 0.25) is 0 Å². The van der Waals surface area contributed by atoms with Gasteiger partial charge in [-0.15, -0.1) is 0 Å². The van der Waals surface area contributed by atoms with E-state index in [9.17, 15) is 15.3 Å². The highest BCUT2D eigenvalue weighted by Crippen LogP contribution is 2.55. The van der Waals surface area contributed by atoms with Crippen molar-refractivity contribution in [2.75, 3.05) is 0 Å². The SMILES string of the molecule is Oc1ccc(Oc2c(Cl)c(Oc3ccc(O)cc3)c(Cl)c(Oc3ccc(O)cc3)c2Cl)cc1. The molecule has 0 aliphatic rings. The van der Waals surface area contributed by atoms with Crippen molar-refractivity contribution in [2.45, 2.75) is 0 Å². The molecular formula is C24H15Cl3O6. The fourth-order valence-electron chi connectivity index (χ4n) is 2.76. The lowest BCUT2D eigenvalue weighted by Gasteiger charge is -2.19. The van der Waals surface area contributed by atoms with Gasteiger partial charge in [0.1, 0.15) is 49.6 Å². The molecule has 0 atom stereocenters. The van der Waals surface area contributed by atoms with Gasteiger partial charge in [0.25, 0.3) is 0 Å². The zero-order valence-corrected chi connectivity index (χ0v) is 18.9. The van der Waals surface area contributed by atoms with Gasteiger partial charge < -0.3 is 29.5 Å². The Morgan fingerprint density at radius 3 is 0.818 bits per heavy atom. The predicted molar refractivity (Wildman–Crippen MR) is 126 cm³/mol. The number of halogens is 3. The van der Waals surface area contributed by atoms with Gasteiger partial charge >= 0.3 is 0 Å². The smallest absolute Gasteiger partial charge is 0.172 e. The molecule has 0 aliphatic heterocycles. The van der Waals surface area contributed by atoms with Gasteiger partial charge in [-0.05, 0) is 72.8 Å². The molecule has 0 saturated heterocycles. The lowest BCUT2D eigenvalue weighted by Crippen LogP contribution is -1.96. The number of rotatable bonds is 6. The second-order valence-electron chi connectivity index (χ2n) is 6.72. The van der Waals surface area contributed by atoms with Crippen LogP contribution in [0.3, 0.4) is 0 Å². The van der Waals surface area contributed by atoms with E-state index in [4.69, 9.17) is 49.0 Å². The van der Waals surface area contributed by atoms with Gasteiger partial charge in [-0.2, -0.15) is 0 Å². The summed E-state index contributed by atoms with van der Waals surface area (Å²) < 4.78 is 17.6. The third-order valence-electron chi connectivity index (χ3n) is 4.37. The summed E-state index contributed by atoms with van der Waals surface area (Å²) in [5, 5.41) is 28.5. The highest BCUT2D eigenvalue weighted by molar-refractivity contribution is 6.44. The highest BCUT2D eigenvalue weighted by atomic mass is 35.5. The summed E-state index contributed by atoms with van der Waals surface area (Å²) in [6.45, 7) is 0. The number of benzene rings is 4. The van der Waals surface area contributed by atoms with Gasteiger partial charge in [-0.1, -0.05) is 34.8 Å². The third kappa shape index (κ3) is 5.14. The Kier molecular flexibility index (Phi) is 6.60. The van der Waals surface area contributed by atoms with Crippen molar-refractivity contribution in [3.05, 3.63) is 87.9 Å². The fraction of sp³-hybridized carbons (Fsp3) is 0. The molecule has 33 heavy (non-hydrogen) atoms. The van der Waals surface area contributed by atoms with Gasteiger partial charge in [-0.25, -0.2) is 0 Å². The molecule has 0 fully saturated rings. The van der Waals surface area contributed by atoms with Crippen LogP contribution < -0.4 is 14.2 Å². The van der Waals surface area contributed by atoms with Gasteiger partial charge in [-0.3, -0.25) is 0 Å². The van der Waals surface area contributed by atoms with Crippen LogP contribution in [-0.4, -0.2) is 15.3 Å². The van der Waals surface area contributed by atoms with E-state index in [0.29, 0.717) is 17.2 Å². The van der Waals surface area contributed by atoms with E-state index in [1.807, 2.05) is 0 Å².